The minimum absolute atomic E-state index is 0.00673. The van der Waals surface area contributed by atoms with E-state index >= 15 is 0 Å². The molecule has 0 aliphatic carbocycles. The molecule has 0 N–H and O–H groups in total. The number of rotatable bonds is 5. The van der Waals surface area contributed by atoms with E-state index in [0.29, 0.717) is 36.9 Å². The van der Waals surface area contributed by atoms with Gasteiger partial charge in [-0.3, -0.25) is 4.79 Å². The fraction of sp³-hybridized carbons (Fsp3) is 0.500. The Balaban J connectivity index is 1.89. The van der Waals surface area contributed by atoms with Crippen LogP contribution in [-0.2, 0) is 25.1 Å². The Kier molecular flexibility index (Phi) is 5.61. The van der Waals surface area contributed by atoms with E-state index in [0.717, 1.165) is 0 Å². The number of halogens is 1. The molecule has 0 unspecified atom stereocenters. The summed E-state index contributed by atoms with van der Waals surface area (Å²) >= 11 is 5.96. The fourth-order valence-corrected chi connectivity index (χ4v) is 3.78. The van der Waals surface area contributed by atoms with Gasteiger partial charge in [-0.1, -0.05) is 29.8 Å². The number of amides is 1. The Morgan fingerprint density at radius 3 is 2.57 bits per heavy atom. The van der Waals surface area contributed by atoms with E-state index < -0.39 is 9.84 Å². The molecule has 0 bridgehead atoms. The van der Waals surface area contributed by atoms with Crippen LogP contribution in [0.1, 0.15) is 12.0 Å². The van der Waals surface area contributed by atoms with Gasteiger partial charge in [0.2, 0.25) is 5.91 Å². The first-order chi connectivity index (χ1) is 9.98. The SMILES string of the molecule is O=C(CCS(=O)(=O)Cc1ccccc1Cl)N1CCOCC1. The van der Waals surface area contributed by atoms with Crippen molar-refractivity contribution in [3.05, 3.63) is 34.9 Å². The lowest BCUT2D eigenvalue weighted by Gasteiger charge is -2.26. The largest absolute Gasteiger partial charge is 0.378 e. The van der Waals surface area contributed by atoms with Crippen molar-refractivity contribution in [3.8, 4) is 0 Å². The van der Waals surface area contributed by atoms with Crippen LogP contribution in [0.15, 0.2) is 24.3 Å². The number of morpholine rings is 1. The Labute approximate surface area is 129 Å². The molecule has 1 amide bonds. The smallest absolute Gasteiger partial charge is 0.223 e. The zero-order valence-corrected chi connectivity index (χ0v) is 13.2. The number of nitrogens with zero attached hydrogens (tertiary/aromatic N) is 1. The molecule has 0 aromatic heterocycles. The number of hydrogen-bond acceptors (Lipinski definition) is 4. The molecule has 1 aliphatic rings. The molecule has 0 spiro atoms. The Bertz CT molecular complexity index is 597. The molecular weight excluding hydrogens is 314 g/mol. The average molecular weight is 332 g/mol. The van der Waals surface area contributed by atoms with Crippen LogP contribution in [0.5, 0.6) is 0 Å². The van der Waals surface area contributed by atoms with Crippen molar-refractivity contribution >= 4 is 27.3 Å². The van der Waals surface area contributed by atoms with Gasteiger partial charge in [0.05, 0.1) is 24.7 Å². The molecule has 1 aromatic rings. The molecule has 0 radical (unpaired) electrons. The van der Waals surface area contributed by atoms with E-state index in [2.05, 4.69) is 0 Å². The maximum atomic E-state index is 12.1. The predicted molar refractivity (Wildman–Crippen MR) is 81.0 cm³/mol. The van der Waals surface area contributed by atoms with Crippen LogP contribution in [0.2, 0.25) is 5.02 Å². The first kappa shape index (κ1) is 16.3. The molecular formula is C14H18ClNO4S. The average Bonchev–Trinajstić information content (AvgIpc) is 2.48. The molecule has 0 saturated carbocycles. The highest BCUT2D eigenvalue weighted by Crippen LogP contribution is 2.18. The lowest BCUT2D eigenvalue weighted by molar-refractivity contribution is -0.134. The van der Waals surface area contributed by atoms with Gasteiger partial charge in [0.1, 0.15) is 0 Å². The fourth-order valence-electron chi connectivity index (χ4n) is 2.14. The molecule has 1 aliphatic heterocycles. The zero-order valence-electron chi connectivity index (χ0n) is 11.6. The van der Waals surface area contributed by atoms with Gasteiger partial charge >= 0.3 is 0 Å². The lowest BCUT2D eigenvalue weighted by atomic mass is 10.2. The van der Waals surface area contributed by atoms with E-state index in [1.54, 1.807) is 29.2 Å². The summed E-state index contributed by atoms with van der Waals surface area (Å²) in [4.78, 5) is 13.6. The summed E-state index contributed by atoms with van der Waals surface area (Å²) in [5.74, 6) is -0.432. The summed E-state index contributed by atoms with van der Waals surface area (Å²) in [6, 6.07) is 6.84. The Morgan fingerprint density at radius 2 is 1.90 bits per heavy atom. The quantitative estimate of drug-likeness (QED) is 0.820. The number of hydrogen-bond donors (Lipinski definition) is 0. The molecule has 21 heavy (non-hydrogen) atoms. The van der Waals surface area contributed by atoms with Crippen LogP contribution in [-0.4, -0.2) is 51.3 Å². The number of sulfone groups is 1. The first-order valence-corrected chi connectivity index (χ1v) is 8.97. The number of carbonyl (C=O) groups is 1. The molecule has 1 fully saturated rings. The van der Waals surface area contributed by atoms with Gasteiger partial charge in [-0.2, -0.15) is 0 Å². The topological polar surface area (TPSA) is 63.7 Å². The van der Waals surface area contributed by atoms with E-state index in [1.807, 2.05) is 0 Å². The maximum absolute atomic E-state index is 12.1. The van der Waals surface area contributed by atoms with Gasteiger partial charge < -0.3 is 9.64 Å². The summed E-state index contributed by atoms with van der Waals surface area (Å²) < 4.78 is 29.3. The summed E-state index contributed by atoms with van der Waals surface area (Å²) in [7, 11) is -3.35. The van der Waals surface area contributed by atoms with Crippen LogP contribution < -0.4 is 0 Å². The highest BCUT2D eigenvalue weighted by molar-refractivity contribution is 7.90. The van der Waals surface area contributed by atoms with Crippen LogP contribution in [0, 0.1) is 0 Å². The van der Waals surface area contributed by atoms with Crippen LogP contribution in [0.3, 0.4) is 0 Å². The third-order valence-electron chi connectivity index (χ3n) is 3.32. The van der Waals surface area contributed by atoms with Crippen LogP contribution in [0.4, 0.5) is 0 Å². The summed E-state index contributed by atoms with van der Waals surface area (Å²) in [6.45, 7) is 2.09. The third-order valence-corrected chi connectivity index (χ3v) is 5.27. The van der Waals surface area contributed by atoms with Gasteiger partial charge in [0, 0.05) is 24.5 Å². The zero-order chi connectivity index (χ0) is 15.3. The van der Waals surface area contributed by atoms with Crippen molar-refractivity contribution in [1.29, 1.82) is 0 Å². The summed E-state index contributed by atoms with van der Waals surface area (Å²) in [5, 5.41) is 0.431. The van der Waals surface area contributed by atoms with E-state index in [1.165, 1.54) is 0 Å². The van der Waals surface area contributed by atoms with Crippen molar-refractivity contribution < 1.29 is 17.9 Å². The monoisotopic (exact) mass is 331 g/mol. The second-order valence-corrected chi connectivity index (χ2v) is 7.52. The van der Waals surface area contributed by atoms with E-state index in [4.69, 9.17) is 16.3 Å². The first-order valence-electron chi connectivity index (χ1n) is 6.77. The molecule has 116 valence electrons. The van der Waals surface area contributed by atoms with Crippen molar-refractivity contribution in [2.45, 2.75) is 12.2 Å². The van der Waals surface area contributed by atoms with Crippen molar-refractivity contribution in [2.75, 3.05) is 32.1 Å². The van der Waals surface area contributed by atoms with E-state index in [-0.39, 0.29) is 23.8 Å². The molecule has 1 saturated heterocycles. The molecule has 7 heteroatoms. The minimum Gasteiger partial charge on any atom is -0.378 e. The normalized spacial score (nSPS) is 16.0. The Morgan fingerprint density at radius 1 is 1.24 bits per heavy atom. The molecule has 0 atom stereocenters. The molecule has 1 heterocycles. The van der Waals surface area contributed by atoms with Crippen molar-refractivity contribution in [2.24, 2.45) is 0 Å². The Hall–Kier alpha value is -1.11. The number of carbonyl (C=O) groups excluding carboxylic acids is 1. The number of ether oxygens (including phenoxy) is 1. The number of benzene rings is 1. The molecule has 1 aromatic carbocycles. The minimum atomic E-state index is -3.35. The highest BCUT2D eigenvalue weighted by Gasteiger charge is 2.20. The summed E-state index contributed by atoms with van der Waals surface area (Å²) in [6.07, 6.45) is 0.00673. The second kappa shape index (κ2) is 7.24. The molecule has 5 nitrogen and oxygen atoms in total. The second-order valence-electron chi connectivity index (χ2n) is 4.93. The molecule has 2 rings (SSSR count). The predicted octanol–water partition coefficient (Wildman–Crippen LogP) is 1.50. The third kappa shape index (κ3) is 4.98. The van der Waals surface area contributed by atoms with Crippen LogP contribution in [0.25, 0.3) is 0 Å². The van der Waals surface area contributed by atoms with Gasteiger partial charge in [0.15, 0.2) is 9.84 Å². The highest BCUT2D eigenvalue weighted by atomic mass is 35.5. The standard InChI is InChI=1S/C14H18ClNO4S/c15-13-4-2-1-3-12(13)11-21(18,19)10-5-14(17)16-6-8-20-9-7-16/h1-4H,5-11H2. The van der Waals surface area contributed by atoms with E-state index in [9.17, 15) is 13.2 Å². The van der Waals surface area contributed by atoms with Crippen molar-refractivity contribution in [3.63, 3.8) is 0 Å². The van der Waals surface area contributed by atoms with Gasteiger partial charge in [-0.15, -0.1) is 0 Å². The van der Waals surface area contributed by atoms with Crippen molar-refractivity contribution in [1.82, 2.24) is 4.90 Å². The van der Waals surface area contributed by atoms with Gasteiger partial charge in [0.25, 0.3) is 0 Å². The maximum Gasteiger partial charge on any atom is 0.223 e. The summed E-state index contributed by atoms with van der Waals surface area (Å²) in [5.41, 5.74) is 0.568. The lowest BCUT2D eigenvalue weighted by Crippen LogP contribution is -2.41. The van der Waals surface area contributed by atoms with Gasteiger partial charge in [-0.25, -0.2) is 8.42 Å². The van der Waals surface area contributed by atoms with Gasteiger partial charge in [-0.05, 0) is 11.6 Å². The van der Waals surface area contributed by atoms with Crippen LogP contribution >= 0.6 is 11.6 Å².